The van der Waals surface area contributed by atoms with Gasteiger partial charge in [0, 0.05) is 11.6 Å². The van der Waals surface area contributed by atoms with Crippen LogP contribution in [-0.2, 0) is 6.54 Å². The lowest BCUT2D eigenvalue weighted by Gasteiger charge is -2.35. The number of carboxylic acid groups (broad SMARTS) is 1. The number of hydrogen-bond acceptors (Lipinski definition) is 5. The maximum Gasteiger partial charge on any atom is 0.431 e. The molecule has 9 nitrogen and oxygen atoms in total. The number of ether oxygens (including phenoxy) is 1. The number of rotatable bonds is 4. The first-order valence-electron chi connectivity index (χ1n) is 8.67. The highest BCUT2D eigenvalue weighted by atomic mass is 19.1. The fourth-order valence-electron chi connectivity index (χ4n) is 3.16. The van der Waals surface area contributed by atoms with Crippen LogP contribution in [0.4, 0.5) is 14.9 Å². The molecule has 3 heterocycles. The minimum absolute atomic E-state index is 0.0433. The van der Waals surface area contributed by atoms with Gasteiger partial charge in [0.1, 0.15) is 5.69 Å². The molecule has 2 amide bonds. The highest BCUT2D eigenvalue weighted by molar-refractivity contribution is 5.99. The summed E-state index contributed by atoms with van der Waals surface area (Å²) < 4.78 is 20.3. The quantitative estimate of drug-likeness (QED) is 0.726. The van der Waals surface area contributed by atoms with Gasteiger partial charge in [-0.15, -0.1) is 0 Å². The van der Waals surface area contributed by atoms with E-state index < -0.39 is 17.8 Å². The standard InChI is InChI=1S/C19H16FN5O4/c1-29-17-14(20)9-13(11-21-17)25(19(27)28)24-8-7-23-16(18(24)26)10-15(22-23)12-5-3-2-4-6-12/h2-6,9-11H,7-8H2,1H3,(H,27,28). The van der Waals surface area contributed by atoms with E-state index in [4.69, 9.17) is 4.74 Å². The molecule has 2 aromatic heterocycles. The van der Waals surface area contributed by atoms with Gasteiger partial charge in [-0.2, -0.15) is 10.1 Å². The lowest BCUT2D eigenvalue weighted by molar-refractivity contribution is 0.0665. The predicted molar refractivity (Wildman–Crippen MR) is 100.0 cm³/mol. The number of hydrogen-bond donors (Lipinski definition) is 1. The van der Waals surface area contributed by atoms with Gasteiger partial charge < -0.3 is 9.84 Å². The maximum absolute atomic E-state index is 14.0. The molecule has 1 aromatic carbocycles. The summed E-state index contributed by atoms with van der Waals surface area (Å²) in [4.78, 5) is 28.6. The molecule has 1 aliphatic rings. The summed E-state index contributed by atoms with van der Waals surface area (Å²) in [5, 5.41) is 15.8. The predicted octanol–water partition coefficient (Wildman–Crippen LogP) is 2.65. The van der Waals surface area contributed by atoms with E-state index in [1.165, 1.54) is 11.8 Å². The average molecular weight is 397 g/mol. The van der Waals surface area contributed by atoms with Crippen molar-refractivity contribution in [1.29, 1.82) is 0 Å². The third-order valence-electron chi connectivity index (χ3n) is 4.48. The summed E-state index contributed by atoms with van der Waals surface area (Å²) in [5.41, 5.74) is 1.57. The summed E-state index contributed by atoms with van der Waals surface area (Å²) in [6.07, 6.45) is -0.314. The van der Waals surface area contributed by atoms with E-state index in [1.807, 2.05) is 30.3 Å². The van der Waals surface area contributed by atoms with Gasteiger partial charge in [-0.25, -0.2) is 19.2 Å². The third-order valence-corrected chi connectivity index (χ3v) is 4.48. The van der Waals surface area contributed by atoms with Crippen LogP contribution in [0.2, 0.25) is 0 Å². The molecule has 0 bridgehead atoms. The number of amides is 2. The molecule has 4 rings (SSSR count). The summed E-state index contributed by atoms with van der Waals surface area (Å²) >= 11 is 0. The molecule has 0 unspecified atom stereocenters. The zero-order chi connectivity index (χ0) is 20.5. The van der Waals surface area contributed by atoms with Crippen LogP contribution in [-0.4, -0.2) is 50.5 Å². The number of fused-ring (bicyclic) bond motifs is 1. The van der Waals surface area contributed by atoms with Crippen LogP contribution in [0, 0.1) is 5.82 Å². The van der Waals surface area contributed by atoms with Crippen molar-refractivity contribution in [2.24, 2.45) is 0 Å². The monoisotopic (exact) mass is 397 g/mol. The van der Waals surface area contributed by atoms with Gasteiger partial charge in [-0.3, -0.25) is 9.48 Å². The number of nitrogens with zero attached hydrogens (tertiary/aromatic N) is 5. The Bertz CT molecular complexity index is 1090. The molecular weight excluding hydrogens is 381 g/mol. The normalized spacial score (nSPS) is 13.2. The van der Waals surface area contributed by atoms with Crippen molar-refractivity contribution in [2.45, 2.75) is 6.54 Å². The second-order valence-corrected chi connectivity index (χ2v) is 6.21. The number of methoxy groups -OCH3 is 1. The van der Waals surface area contributed by atoms with E-state index in [2.05, 4.69) is 10.1 Å². The summed E-state index contributed by atoms with van der Waals surface area (Å²) in [5.74, 6) is -1.67. The number of aromatic nitrogens is 3. The van der Waals surface area contributed by atoms with E-state index in [0.29, 0.717) is 10.7 Å². The van der Waals surface area contributed by atoms with E-state index in [0.717, 1.165) is 22.8 Å². The number of hydrazine groups is 1. The molecule has 1 N–H and O–H groups in total. The first-order chi connectivity index (χ1) is 14.0. The Morgan fingerprint density at radius 3 is 2.66 bits per heavy atom. The fraction of sp³-hybridized carbons (Fsp3) is 0.158. The Labute approximate surface area is 164 Å². The number of benzene rings is 1. The molecule has 3 aromatic rings. The van der Waals surface area contributed by atoms with Gasteiger partial charge >= 0.3 is 6.09 Å². The van der Waals surface area contributed by atoms with Crippen molar-refractivity contribution in [3.05, 3.63) is 60.2 Å². The Morgan fingerprint density at radius 1 is 1.24 bits per heavy atom. The van der Waals surface area contributed by atoms with Gasteiger partial charge in [0.05, 0.1) is 37.8 Å². The van der Waals surface area contributed by atoms with Crippen LogP contribution < -0.4 is 9.75 Å². The smallest absolute Gasteiger partial charge is 0.431 e. The van der Waals surface area contributed by atoms with E-state index in [-0.39, 0.29) is 30.4 Å². The van der Waals surface area contributed by atoms with Crippen LogP contribution in [0.15, 0.2) is 48.7 Å². The number of anilines is 1. The molecule has 1 aliphatic heterocycles. The van der Waals surface area contributed by atoms with E-state index in [1.54, 1.807) is 6.07 Å². The first kappa shape index (κ1) is 18.4. The highest BCUT2D eigenvalue weighted by Gasteiger charge is 2.34. The zero-order valence-corrected chi connectivity index (χ0v) is 15.3. The van der Waals surface area contributed by atoms with Crippen LogP contribution in [0.3, 0.4) is 0 Å². The lowest BCUT2D eigenvalue weighted by atomic mass is 10.1. The average Bonchev–Trinajstić information content (AvgIpc) is 3.16. The summed E-state index contributed by atoms with van der Waals surface area (Å²) in [6.45, 7) is 0.325. The number of halogens is 1. The van der Waals surface area contributed by atoms with Gasteiger partial charge in [-0.1, -0.05) is 30.3 Å². The van der Waals surface area contributed by atoms with Gasteiger partial charge in [0.15, 0.2) is 5.82 Å². The lowest BCUT2D eigenvalue weighted by Crippen LogP contribution is -2.53. The largest absolute Gasteiger partial charge is 0.479 e. The molecule has 10 heteroatoms. The molecule has 0 atom stereocenters. The van der Waals surface area contributed by atoms with Crippen LogP contribution in [0.1, 0.15) is 10.5 Å². The van der Waals surface area contributed by atoms with Gasteiger partial charge in [0.2, 0.25) is 5.88 Å². The second kappa shape index (κ2) is 7.23. The molecule has 0 aliphatic carbocycles. The Morgan fingerprint density at radius 2 is 2.00 bits per heavy atom. The fourth-order valence-corrected chi connectivity index (χ4v) is 3.16. The van der Waals surface area contributed by atoms with E-state index in [9.17, 15) is 19.1 Å². The molecule has 0 spiro atoms. The number of carbonyl (C=O) groups excluding carboxylic acids is 1. The molecule has 0 fully saturated rings. The van der Waals surface area contributed by atoms with Crippen LogP contribution >= 0.6 is 0 Å². The van der Waals surface area contributed by atoms with Crippen LogP contribution in [0.25, 0.3) is 11.3 Å². The van der Waals surface area contributed by atoms with Crippen molar-refractivity contribution in [3.63, 3.8) is 0 Å². The Hall–Kier alpha value is -3.95. The Kier molecular flexibility index (Phi) is 4.59. The van der Waals surface area contributed by atoms with Crippen LogP contribution in [0.5, 0.6) is 5.88 Å². The number of pyridine rings is 1. The van der Waals surface area contributed by atoms with E-state index >= 15 is 0 Å². The van der Waals surface area contributed by atoms with Crippen molar-refractivity contribution < 1.29 is 23.8 Å². The SMILES string of the molecule is COc1ncc(N(C(=O)O)N2CCn3nc(-c4ccccc4)cc3C2=O)cc1F. The third kappa shape index (κ3) is 3.24. The molecule has 0 saturated heterocycles. The zero-order valence-electron chi connectivity index (χ0n) is 15.3. The Balaban J connectivity index is 1.69. The minimum Gasteiger partial charge on any atom is -0.479 e. The second-order valence-electron chi connectivity index (χ2n) is 6.21. The first-order valence-corrected chi connectivity index (χ1v) is 8.67. The van der Waals surface area contributed by atoms with Gasteiger partial charge in [-0.05, 0) is 6.07 Å². The highest BCUT2D eigenvalue weighted by Crippen LogP contribution is 2.27. The molecule has 0 saturated carbocycles. The van der Waals surface area contributed by atoms with Crippen molar-refractivity contribution in [2.75, 3.05) is 18.7 Å². The van der Waals surface area contributed by atoms with Crippen molar-refractivity contribution in [1.82, 2.24) is 19.8 Å². The summed E-state index contributed by atoms with van der Waals surface area (Å²) in [6, 6.07) is 11.9. The summed E-state index contributed by atoms with van der Waals surface area (Å²) in [7, 11) is 1.25. The van der Waals surface area contributed by atoms with Crippen molar-refractivity contribution in [3.8, 4) is 17.1 Å². The van der Waals surface area contributed by atoms with Gasteiger partial charge in [0.25, 0.3) is 5.91 Å². The minimum atomic E-state index is -1.44. The maximum atomic E-state index is 14.0. The molecule has 0 radical (unpaired) electrons. The molecule has 29 heavy (non-hydrogen) atoms. The number of carbonyl (C=O) groups is 2. The topological polar surface area (TPSA) is 101 Å². The van der Waals surface area contributed by atoms with Crippen molar-refractivity contribution >= 4 is 17.7 Å². The molecule has 148 valence electrons. The molecular formula is C19H16FN5O4.